The number of carbonyl (C=O) groups is 3. The number of carbonyl (C=O) groups excluding carboxylic acids is 3. The summed E-state index contributed by atoms with van der Waals surface area (Å²) in [5.41, 5.74) is 0.683. The minimum absolute atomic E-state index is 0.00375. The molecule has 1 N–H and O–H groups in total. The molecule has 3 atom stereocenters. The summed E-state index contributed by atoms with van der Waals surface area (Å²) >= 11 is 0. The molecule has 0 bridgehead atoms. The summed E-state index contributed by atoms with van der Waals surface area (Å²) in [6.45, 7) is 15.9. The first-order chi connectivity index (χ1) is 13.9. The summed E-state index contributed by atoms with van der Waals surface area (Å²) in [6.07, 6.45) is 1.63. The van der Waals surface area contributed by atoms with Gasteiger partial charge >= 0.3 is 6.03 Å². The summed E-state index contributed by atoms with van der Waals surface area (Å²) < 4.78 is 0. The second-order valence-corrected chi connectivity index (χ2v) is 9.59. The number of hydrogen-bond acceptors (Lipinski definition) is 3. The van der Waals surface area contributed by atoms with Gasteiger partial charge in [-0.1, -0.05) is 58.9 Å². The molecule has 1 aromatic carbocycles. The molecule has 1 fully saturated rings. The van der Waals surface area contributed by atoms with Gasteiger partial charge in [-0.05, 0) is 50.2 Å². The first-order valence-corrected chi connectivity index (χ1v) is 10.9. The molecule has 0 radical (unpaired) electrons. The summed E-state index contributed by atoms with van der Waals surface area (Å²) in [5.74, 6) is -0.591. The van der Waals surface area contributed by atoms with Crippen LogP contribution in [0.25, 0.3) is 0 Å². The van der Waals surface area contributed by atoms with Crippen molar-refractivity contribution in [2.75, 3.05) is 6.54 Å². The quantitative estimate of drug-likeness (QED) is 0.679. The predicted molar refractivity (Wildman–Crippen MR) is 119 cm³/mol. The molecule has 30 heavy (non-hydrogen) atoms. The fraction of sp³-hybridized carbons (Fsp3) is 0.625. The van der Waals surface area contributed by atoms with Crippen LogP contribution in [0, 0.1) is 0 Å². The monoisotopic (exact) mass is 415 g/mol. The number of benzene rings is 1. The molecule has 6 nitrogen and oxygen atoms in total. The van der Waals surface area contributed by atoms with Crippen molar-refractivity contribution in [3.63, 3.8) is 0 Å². The van der Waals surface area contributed by atoms with Gasteiger partial charge in [0.2, 0.25) is 5.91 Å². The van der Waals surface area contributed by atoms with Crippen molar-refractivity contribution in [3.8, 4) is 0 Å². The fourth-order valence-corrected chi connectivity index (χ4v) is 3.88. The average Bonchev–Trinajstić information content (AvgIpc) is 2.91. The van der Waals surface area contributed by atoms with Crippen LogP contribution in [0.2, 0.25) is 0 Å². The van der Waals surface area contributed by atoms with Gasteiger partial charge in [0, 0.05) is 12.1 Å². The van der Waals surface area contributed by atoms with Crippen molar-refractivity contribution in [2.45, 2.75) is 91.3 Å². The minimum atomic E-state index is -1.18. The van der Waals surface area contributed by atoms with E-state index in [1.807, 2.05) is 52.0 Å². The van der Waals surface area contributed by atoms with Gasteiger partial charge in [-0.3, -0.25) is 14.5 Å². The molecule has 6 heteroatoms. The largest absolute Gasteiger partial charge is 0.336 e. The van der Waals surface area contributed by atoms with E-state index in [2.05, 4.69) is 26.1 Å². The van der Waals surface area contributed by atoms with Gasteiger partial charge in [-0.25, -0.2) is 4.79 Å². The normalized spacial score (nSPS) is 21.4. The van der Waals surface area contributed by atoms with Gasteiger partial charge < -0.3 is 10.2 Å². The Morgan fingerprint density at radius 3 is 2.00 bits per heavy atom. The van der Waals surface area contributed by atoms with Crippen molar-refractivity contribution >= 4 is 17.8 Å². The number of nitrogens with zero attached hydrogens (tertiary/aromatic N) is 2. The Kier molecular flexibility index (Phi) is 7.00. The smallest absolute Gasteiger partial charge is 0.325 e. The maximum absolute atomic E-state index is 13.2. The van der Waals surface area contributed by atoms with Gasteiger partial charge in [0.15, 0.2) is 0 Å². The van der Waals surface area contributed by atoms with Crippen LogP contribution < -0.4 is 5.32 Å². The molecule has 0 unspecified atom stereocenters. The molecule has 0 spiro atoms. The highest BCUT2D eigenvalue weighted by Crippen LogP contribution is 2.31. The Bertz CT molecular complexity index is 787. The molecular formula is C24H37N3O3. The topological polar surface area (TPSA) is 69.7 Å². The van der Waals surface area contributed by atoms with Gasteiger partial charge in [0.05, 0.1) is 0 Å². The van der Waals surface area contributed by atoms with E-state index >= 15 is 0 Å². The molecule has 1 aliphatic heterocycles. The lowest BCUT2D eigenvalue weighted by molar-refractivity contribution is -0.141. The highest BCUT2D eigenvalue weighted by molar-refractivity contribution is 6.09. The van der Waals surface area contributed by atoms with Gasteiger partial charge in [-0.2, -0.15) is 0 Å². The Morgan fingerprint density at radius 1 is 1.07 bits per heavy atom. The van der Waals surface area contributed by atoms with Crippen LogP contribution in [0.5, 0.6) is 0 Å². The van der Waals surface area contributed by atoms with Crippen LogP contribution >= 0.6 is 0 Å². The Hall–Kier alpha value is -2.37. The molecule has 0 aromatic heterocycles. The lowest BCUT2D eigenvalue weighted by Gasteiger charge is -2.35. The third kappa shape index (κ3) is 4.52. The number of hydrogen-bond donors (Lipinski definition) is 1. The van der Waals surface area contributed by atoms with Gasteiger partial charge in [0.25, 0.3) is 5.91 Å². The zero-order valence-corrected chi connectivity index (χ0v) is 19.7. The minimum Gasteiger partial charge on any atom is -0.336 e. The summed E-state index contributed by atoms with van der Waals surface area (Å²) in [4.78, 5) is 41.8. The molecular weight excluding hydrogens is 378 g/mol. The molecule has 1 aliphatic rings. The SMILES string of the molecule is CC[C@@H](C)N(C(=O)CN1C(=O)N[C@@](C)(c2ccc(C(C)(C)C)cc2)C1=O)[C@@H](C)CC. The number of urea groups is 1. The molecule has 1 heterocycles. The van der Waals surface area contributed by atoms with Crippen LogP contribution in [0.3, 0.4) is 0 Å². The second-order valence-electron chi connectivity index (χ2n) is 9.59. The second kappa shape index (κ2) is 8.78. The van der Waals surface area contributed by atoms with Crippen LogP contribution in [-0.4, -0.2) is 46.3 Å². The van der Waals surface area contributed by atoms with Crippen molar-refractivity contribution < 1.29 is 14.4 Å². The van der Waals surface area contributed by atoms with Crippen molar-refractivity contribution in [2.24, 2.45) is 0 Å². The number of rotatable bonds is 7. The predicted octanol–water partition coefficient (Wildman–Crippen LogP) is 4.18. The van der Waals surface area contributed by atoms with E-state index < -0.39 is 17.5 Å². The van der Waals surface area contributed by atoms with Gasteiger partial charge in [-0.15, -0.1) is 0 Å². The zero-order chi connectivity index (χ0) is 22.9. The molecule has 0 aliphatic carbocycles. The number of amides is 4. The van der Waals surface area contributed by atoms with Crippen molar-refractivity contribution in [3.05, 3.63) is 35.4 Å². The highest BCUT2D eigenvalue weighted by atomic mass is 16.2. The van der Waals surface area contributed by atoms with E-state index in [0.29, 0.717) is 5.56 Å². The standard InChI is InChI=1S/C24H37N3O3/c1-9-16(3)27(17(4)10-2)20(28)15-26-21(29)24(8,25-22(26)30)19-13-11-18(12-14-19)23(5,6)7/h11-14,16-17H,9-10,15H2,1-8H3,(H,25,30)/t16-,17+,24-/m0/s1. The van der Waals surface area contributed by atoms with E-state index in [4.69, 9.17) is 0 Å². The van der Waals surface area contributed by atoms with Crippen molar-refractivity contribution in [1.82, 2.24) is 15.1 Å². The van der Waals surface area contributed by atoms with Crippen LogP contribution in [0.1, 0.15) is 79.4 Å². The van der Waals surface area contributed by atoms with E-state index in [9.17, 15) is 14.4 Å². The third-order valence-electron chi connectivity index (χ3n) is 6.32. The number of nitrogens with one attached hydrogen (secondary N) is 1. The fourth-order valence-electron chi connectivity index (χ4n) is 3.88. The molecule has 166 valence electrons. The Balaban J connectivity index is 2.26. The van der Waals surface area contributed by atoms with Crippen molar-refractivity contribution in [1.29, 1.82) is 0 Å². The molecule has 1 saturated heterocycles. The highest BCUT2D eigenvalue weighted by Gasteiger charge is 2.50. The molecule has 1 aromatic rings. The summed E-state index contributed by atoms with van der Waals surface area (Å²) in [6, 6.07) is 7.31. The summed E-state index contributed by atoms with van der Waals surface area (Å²) in [5, 5.41) is 2.80. The van der Waals surface area contributed by atoms with Crippen LogP contribution in [0.15, 0.2) is 24.3 Å². The maximum atomic E-state index is 13.2. The Labute approximate surface area is 181 Å². The summed E-state index contributed by atoms with van der Waals surface area (Å²) in [7, 11) is 0. The number of imide groups is 1. The molecule has 0 saturated carbocycles. The molecule has 2 rings (SSSR count). The van der Waals surface area contributed by atoms with Gasteiger partial charge in [0.1, 0.15) is 12.1 Å². The van der Waals surface area contributed by atoms with E-state index in [1.165, 1.54) is 0 Å². The van der Waals surface area contributed by atoms with E-state index in [1.54, 1.807) is 11.8 Å². The lowest BCUT2D eigenvalue weighted by Crippen LogP contribution is -2.50. The lowest BCUT2D eigenvalue weighted by atomic mass is 9.84. The first kappa shape index (κ1) is 23.9. The zero-order valence-electron chi connectivity index (χ0n) is 19.7. The average molecular weight is 416 g/mol. The maximum Gasteiger partial charge on any atom is 0.325 e. The third-order valence-corrected chi connectivity index (χ3v) is 6.32. The van der Waals surface area contributed by atoms with Crippen LogP contribution in [-0.2, 0) is 20.5 Å². The van der Waals surface area contributed by atoms with E-state index in [0.717, 1.165) is 23.3 Å². The molecule has 4 amide bonds. The Morgan fingerprint density at radius 2 is 1.57 bits per heavy atom. The van der Waals surface area contributed by atoms with Crippen LogP contribution in [0.4, 0.5) is 4.79 Å². The first-order valence-electron chi connectivity index (χ1n) is 10.9. The van der Waals surface area contributed by atoms with E-state index in [-0.39, 0.29) is 30.0 Å².